The molecule has 1 saturated carbocycles. The van der Waals surface area contributed by atoms with Crippen molar-refractivity contribution in [1.82, 2.24) is 5.32 Å². The molecule has 0 aromatic heterocycles. The minimum absolute atomic E-state index is 0.0267. The first-order valence-electron chi connectivity index (χ1n) is 6.23. The van der Waals surface area contributed by atoms with Gasteiger partial charge in [0.1, 0.15) is 0 Å². The third kappa shape index (κ3) is 3.43. The van der Waals surface area contributed by atoms with Gasteiger partial charge in [0, 0.05) is 18.7 Å². The van der Waals surface area contributed by atoms with Gasteiger partial charge in [-0.1, -0.05) is 6.07 Å². The van der Waals surface area contributed by atoms with Crippen LogP contribution in [0, 0.1) is 10.1 Å². The number of benzene rings is 1. The standard InChI is InChI=1S/C13H18N2O3/c1-9(2)18-13-7-10(8-14-11-4-5-11)3-6-12(13)15(16)17/h3,6-7,9,11,14H,4-5,8H2,1-2H3. The molecule has 1 aromatic carbocycles. The van der Waals surface area contributed by atoms with Crippen LogP contribution in [0.1, 0.15) is 32.3 Å². The van der Waals surface area contributed by atoms with Crippen molar-refractivity contribution in [3.05, 3.63) is 33.9 Å². The van der Waals surface area contributed by atoms with E-state index in [-0.39, 0.29) is 11.8 Å². The summed E-state index contributed by atoms with van der Waals surface area (Å²) in [6, 6.07) is 5.67. The van der Waals surface area contributed by atoms with Crippen LogP contribution in [0.2, 0.25) is 0 Å². The lowest BCUT2D eigenvalue weighted by atomic mass is 10.2. The average molecular weight is 250 g/mol. The summed E-state index contributed by atoms with van der Waals surface area (Å²) in [5.41, 5.74) is 1.04. The van der Waals surface area contributed by atoms with E-state index < -0.39 is 4.92 Å². The molecular weight excluding hydrogens is 232 g/mol. The van der Waals surface area contributed by atoms with Gasteiger partial charge in [0.15, 0.2) is 5.75 Å². The Labute approximate surface area is 106 Å². The van der Waals surface area contributed by atoms with E-state index in [1.54, 1.807) is 12.1 Å². The van der Waals surface area contributed by atoms with Crippen molar-refractivity contribution in [2.45, 2.75) is 45.4 Å². The molecule has 2 rings (SSSR count). The van der Waals surface area contributed by atoms with Crippen molar-refractivity contribution >= 4 is 5.69 Å². The van der Waals surface area contributed by atoms with Crippen molar-refractivity contribution in [3.63, 3.8) is 0 Å². The van der Waals surface area contributed by atoms with Crippen LogP contribution in [-0.2, 0) is 6.54 Å². The van der Waals surface area contributed by atoms with E-state index in [0.717, 1.165) is 12.1 Å². The summed E-state index contributed by atoms with van der Waals surface area (Å²) in [4.78, 5) is 10.5. The van der Waals surface area contributed by atoms with Gasteiger partial charge in [0.05, 0.1) is 11.0 Å². The third-order valence-corrected chi connectivity index (χ3v) is 2.76. The number of hydrogen-bond acceptors (Lipinski definition) is 4. The molecule has 0 amide bonds. The van der Waals surface area contributed by atoms with Crippen LogP contribution in [0.25, 0.3) is 0 Å². The number of rotatable bonds is 6. The number of ether oxygens (including phenoxy) is 1. The zero-order chi connectivity index (χ0) is 13.1. The normalized spacial score (nSPS) is 14.8. The molecule has 98 valence electrons. The van der Waals surface area contributed by atoms with E-state index in [9.17, 15) is 10.1 Å². The van der Waals surface area contributed by atoms with Gasteiger partial charge in [-0.3, -0.25) is 10.1 Å². The van der Waals surface area contributed by atoms with Crippen LogP contribution in [0.3, 0.4) is 0 Å². The topological polar surface area (TPSA) is 64.4 Å². The Morgan fingerprint density at radius 1 is 1.50 bits per heavy atom. The van der Waals surface area contributed by atoms with Crippen LogP contribution in [0.5, 0.6) is 5.75 Å². The highest BCUT2D eigenvalue weighted by molar-refractivity contribution is 5.48. The molecule has 1 aliphatic carbocycles. The minimum atomic E-state index is -0.407. The second-order valence-corrected chi connectivity index (χ2v) is 4.88. The molecule has 1 fully saturated rings. The Morgan fingerprint density at radius 2 is 2.22 bits per heavy atom. The predicted molar refractivity (Wildman–Crippen MR) is 68.7 cm³/mol. The molecule has 0 spiro atoms. The summed E-state index contributed by atoms with van der Waals surface area (Å²) in [5, 5.41) is 14.3. The summed E-state index contributed by atoms with van der Waals surface area (Å²) in [6.07, 6.45) is 2.38. The van der Waals surface area contributed by atoms with Gasteiger partial charge in [0.25, 0.3) is 0 Å². The van der Waals surface area contributed by atoms with E-state index in [1.165, 1.54) is 18.9 Å². The Balaban J connectivity index is 2.14. The third-order valence-electron chi connectivity index (χ3n) is 2.76. The van der Waals surface area contributed by atoms with Crippen LogP contribution in [-0.4, -0.2) is 17.1 Å². The molecule has 0 bridgehead atoms. The van der Waals surface area contributed by atoms with Gasteiger partial charge >= 0.3 is 5.69 Å². The Bertz CT molecular complexity index is 442. The van der Waals surface area contributed by atoms with Crippen LogP contribution in [0.4, 0.5) is 5.69 Å². The lowest BCUT2D eigenvalue weighted by Gasteiger charge is -2.11. The molecule has 0 radical (unpaired) electrons. The first-order valence-corrected chi connectivity index (χ1v) is 6.23. The SMILES string of the molecule is CC(C)Oc1cc(CNC2CC2)ccc1[N+](=O)[O-]. The van der Waals surface area contributed by atoms with E-state index >= 15 is 0 Å². The van der Waals surface area contributed by atoms with Gasteiger partial charge in [-0.15, -0.1) is 0 Å². The van der Waals surface area contributed by atoms with Gasteiger partial charge < -0.3 is 10.1 Å². The number of hydrogen-bond donors (Lipinski definition) is 1. The zero-order valence-electron chi connectivity index (χ0n) is 10.7. The summed E-state index contributed by atoms with van der Waals surface area (Å²) < 4.78 is 5.50. The maximum atomic E-state index is 10.9. The predicted octanol–water partition coefficient (Wildman–Crippen LogP) is 2.63. The van der Waals surface area contributed by atoms with Crippen molar-refractivity contribution in [1.29, 1.82) is 0 Å². The second-order valence-electron chi connectivity index (χ2n) is 4.88. The van der Waals surface area contributed by atoms with Gasteiger partial charge in [0.2, 0.25) is 0 Å². The maximum Gasteiger partial charge on any atom is 0.310 e. The monoisotopic (exact) mass is 250 g/mol. The number of nitro benzene ring substituents is 1. The van der Waals surface area contributed by atoms with Crippen LogP contribution < -0.4 is 10.1 Å². The lowest BCUT2D eigenvalue weighted by Crippen LogP contribution is -2.15. The summed E-state index contributed by atoms with van der Waals surface area (Å²) in [6.45, 7) is 4.45. The van der Waals surface area contributed by atoms with Crippen molar-refractivity contribution in [2.24, 2.45) is 0 Å². The molecule has 0 atom stereocenters. The largest absolute Gasteiger partial charge is 0.484 e. The first-order chi connectivity index (χ1) is 8.56. The number of nitrogens with zero attached hydrogens (tertiary/aromatic N) is 1. The molecule has 18 heavy (non-hydrogen) atoms. The molecule has 1 aliphatic rings. The molecule has 5 heteroatoms. The van der Waals surface area contributed by atoms with E-state index in [4.69, 9.17) is 4.74 Å². The zero-order valence-corrected chi connectivity index (χ0v) is 10.7. The molecule has 0 saturated heterocycles. The van der Waals surface area contributed by atoms with Crippen molar-refractivity contribution in [2.75, 3.05) is 0 Å². The van der Waals surface area contributed by atoms with Crippen molar-refractivity contribution in [3.8, 4) is 5.75 Å². The molecule has 0 heterocycles. The fourth-order valence-electron chi connectivity index (χ4n) is 1.72. The molecule has 0 unspecified atom stereocenters. The van der Waals surface area contributed by atoms with Crippen LogP contribution in [0.15, 0.2) is 18.2 Å². The maximum absolute atomic E-state index is 10.9. The highest BCUT2D eigenvalue weighted by Gasteiger charge is 2.21. The lowest BCUT2D eigenvalue weighted by molar-refractivity contribution is -0.386. The van der Waals surface area contributed by atoms with Gasteiger partial charge in [-0.2, -0.15) is 0 Å². The summed E-state index contributed by atoms with van der Waals surface area (Å²) in [7, 11) is 0. The molecule has 1 N–H and O–H groups in total. The van der Waals surface area contributed by atoms with E-state index in [2.05, 4.69) is 5.32 Å². The quantitative estimate of drug-likeness (QED) is 0.622. The molecule has 5 nitrogen and oxygen atoms in total. The number of nitrogens with one attached hydrogen (secondary N) is 1. The smallest absolute Gasteiger partial charge is 0.310 e. The fourth-order valence-corrected chi connectivity index (χ4v) is 1.72. The summed E-state index contributed by atoms with van der Waals surface area (Å²) in [5.74, 6) is 0.352. The first kappa shape index (κ1) is 12.8. The molecular formula is C13H18N2O3. The highest BCUT2D eigenvalue weighted by Crippen LogP contribution is 2.29. The Hall–Kier alpha value is -1.62. The molecule has 1 aromatic rings. The van der Waals surface area contributed by atoms with Crippen LogP contribution >= 0.6 is 0 Å². The van der Waals surface area contributed by atoms with E-state index in [0.29, 0.717) is 11.8 Å². The van der Waals surface area contributed by atoms with Gasteiger partial charge in [-0.05, 0) is 38.3 Å². The Kier molecular flexibility index (Phi) is 3.81. The summed E-state index contributed by atoms with van der Waals surface area (Å²) >= 11 is 0. The Morgan fingerprint density at radius 3 is 2.78 bits per heavy atom. The molecule has 0 aliphatic heterocycles. The highest BCUT2D eigenvalue weighted by atomic mass is 16.6. The fraction of sp³-hybridized carbons (Fsp3) is 0.538. The van der Waals surface area contributed by atoms with E-state index in [1.807, 2.05) is 13.8 Å². The van der Waals surface area contributed by atoms with Gasteiger partial charge in [-0.25, -0.2) is 0 Å². The van der Waals surface area contributed by atoms with Crippen molar-refractivity contribution < 1.29 is 9.66 Å². The minimum Gasteiger partial charge on any atom is -0.484 e. The second kappa shape index (κ2) is 5.35. The average Bonchev–Trinajstić information content (AvgIpc) is 3.09. The number of nitro groups is 1.